The summed E-state index contributed by atoms with van der Waals surface area (Å²) in [7, 11) is 0. The Morgan fingerprint density at radius 3 is 2.08 bits per heavy atom. The Morgan fingerprint density at radius 1 is 0.615 bits per heavy atom. The summed E-state index contributed by atoms with van der Waals surface area (Å²) in [6, 6.07) is 13.9. The summed E-state index contributed by atoms with van der Waals surface area (Å²) < 4.78 is 0. The van der Waals surface area contributed by atoms with Crippen LogP contribution >= 0.6 is 23.5 Å². The first-order valence-corrected chi connectivity index (χ1v) is 9.49. The van der Waals surface area contributed by atoms with Crippen molar-refractivity contribution in [3.05, 3.63) is 48.5 Å². The van der Waals surface area contributed by atoms with Gasteiger partial charge >= 0.3 is 0 Å². The second-order valence-electron chi connectivity index (χ2n) is 6.05. The number of rotatable bonds is 0. The highest BCUT2D eigenvalue weighted by molar-refractivity contribution is 8.05. The van der Waals surface area contributed by atoms with Crippen molar-refractivity contribution in [3.8, 4) is 23.0 Å². The molecule has 0 atom stereocenters. The first-order chi connectivity index (χ1) is 12.5. The maximum absolute atomic E-state index is 10.7. The Hall–Kier alpha value is -2.70. The summed E-state index contributed by atoms with van der Waals surface area (Å²) in [6.07, 6.45) is 0. The molecule has 6 heteroatoms. The minimum atomic E-state index is -0.107. The number of hydrogen-bond donors (Lipinski definition) is 4. The van der Waals surface area contributed by atoms with Crippen LogP contribution in [-0.4, -0.2) is 20.4 Å². The average Bonchev–Trinajstić information content (AvgIpc) is 2.63. The monoisotopic (exact) mass is 380 g/mol. The van der Waals surface area contributed by atoms with Crippen LogP contribution in [0.15, 0.2) is 68.1 Å². The van der Waals surface area contributed by atoms with Gasteiger partial charge in [-0.3, -0.25) is 0 Å². The molecule has 1 aliphatic rings. The third-order valence-electron chi connectivity index (χ3n) is 4.50. The fourth-order valence-corrected chi connectivity index (χ4v) is 5.83. The highest BCUT2D eigenvalue weighted by Crippen LogP contribution is 2.58. The molecular formula is C20H12O4S2. The zero-order valence-corrected chi connectivity index (χ0v) is 14.9. The van der Waals surface area contributed by atoms with Gasteiger partial charge in [0.1, 0.15) is 23.0 Å². The third-order valence-corrected chi connectivity index (χ3v) is 7.09. The van der Waals surface area contributed by atoms with Crippen LogP contribution in [0.4, 0.5) is 0 Å². The van der Waals surface area contributed by atoms with E-state index in [9.17, 15) is 20.4 Å². The van der Waals surface area contributed by atoms with E-state index in [1.54, 1.807) is 6.07 Å². The van der Waals surface area contributed by atoms with Gasteiger partial charge in [-0.2, -0.15) is 0 Å². The molecule has 0 fully saturated rings. The number of phenolic OH excluding ortho intramolecular Hbond substituents is 4. The van der Waals surface area contributed by atoms with Crippen molar-refractivity contribution in [2.75, 3.05) is 0 Å². The Morgan fingerprint density at radius 2 is 1.27 bits per heavy atom. The fourth-order valence-electron chi connectivity index (χ4n) is 3.31. The van der Waals surface area contributed by atoms with Crippen molar-refractivity contribution in [2.24, 2.45) is 0 Å². The van der Waals surface area contributed by atoms with Crippen LogP contribution in [0.5, 0.6) is 23.0 Å². The van der Waals surface area contributed by atoms with Gasteiger partial charge < -0.3 is 20.4 Å². The van der Waals surface area contributed by atoms with Crippen molar-refractivity contribution in [1.29, 1.82) is 0 Å². The van der Waals surface area contributed by atoms with E-state index in [-0.39, 0.29) is 28.4 Å². The van der Waals surface area contributed by atoms with Crippen molar-refractivity contribution < 1.29 is 20.4 Å². The van der Waals surface area contributed by atoms with E-state index in [2.05, 4.69) is 0 Å². The van der Waals surface area contributed by atoms with Gasteiger partial charge in [0.2, 0.25) is 0 Å². The summed E-state index contributed by atoms with van der Waals surface area (Å²) in [5.41, 5.74) is 0. The molecule has 128 valence electrons. The van der Waals surface area contributed by atoms with Gasteiger partial charge in [0.25, 0.3) is 0 Å². The molecule has 0 saturated carbocycles. The number of benzene rings is 4. The lowest BCUT2D eigenvalue weighted by molar-refractivity contribution is 0.455. The van der Waals surface area contributed by atoms with Crippen LogP contribution in [0.25, 0.3) is 21.5 Å². The number of aromatic hydroxyl groups is 4. The summed E-state index contributed by atoms with van der Waals surface area (Å²) >= 11 is 2.75. The lowest BCUT2D eigenvalue weighted by atomic mass is 10.1. The van der Waals surface area contributed by atoms with E-state index in [0.29, 0.717) is 5.39 Å². The van der Waals surface area contributed by atoms with Gasteiger partial charge in [0.05, 0.1) is 10.3 Å². The van der Waals surface area contributed by atoms with Gasteiger partial charge in [-0.15, -0.1) is 0 Å². The number of hydrogen-bond acceptors (Lipinski definition) is 6. The lowest BCUT2D eigenvalue weighted by Gasteiger charge is -2.23. The topological polar surface area (TPSA) is 80.9 Å². The maximum atomic E-state index is 10.7. The van der Waals surface area contributed by atoms with Crippen LogP contribution in [0.3, 0.4) is 0 Å². The van der Waals surface area contributed by atoms with Gasteiger partial charge in [-0.1, -0.05) is 47.8 Å². The van der Waals surface area contributed by atoms with Gasteiger partial charge in [0.15, 0.2) is 0 Å². The average molecular weight is 380 g/mol. The van der Waals surface area contributed by atoms with E-state index in [4.69, 9.17) is 0 Å². The summed E-state index contributed by atoms with van der Waals surface area (Å²) in [5, 5.41) is 43.9. The molecule has 0 radical (unpaired) electrons. The fraction of sp³-hybridized carbons (Fsp3) is 0. The van der Waals surface area contributed by atoms with Crippen LogP contribution < -0.4 is 0 Å². The molecule has 4 nitrogen and oxygen atoms in total. The zero-order valence-electron chi connectivity index (χ0n) is 13.2. The maximum Gasteiger partial charge on any atom is 0.138 e. The first-order valence-electron chi connectivity index (χ1n) is 7.85. The largest absolute Gasteiger partial charge is 0.507 e. The Labute approximate surface area is 156 Å². The third kappa shape index (κ3) is 2.06. The van der Waals surface area contributed by atoms with Crippen LogP contribution in [0.1, 0.15) is 0 Å². The van der Waals surface area contributed by atoms with Gasteiger partial charge in [-0.05, 0) is 29.7 Å². The molecule has 0 saturated heterocycles. The predicted molar refractivity (Wildman–Crippen MR) is 103 cm³/mol. The van der Waals surface area contributed by atoms with E-state index < -0.39 is 0 Å². The number of phenols is 4. The van der Waals surface area contributed by atoms with Crippen molar-refractivity contribution in [3.63, 3.8) is 0 Å². The summed E-state index contributed by atoms with van der Waals surface area (Å²) in [5.74, 6) is 0.00677. The molecule has 4 N–H and O–H groups in total. The molecule has 26 heavy (non-hydrogen) atoms. The van der Waals surface area contributed by atoms with E-state index >= 15 is 0 Å². The molecule has 0 aliphatic carbocycles. The highest BCUT2D eigenvalue weighted by Gasteiger charge is 2.27. The zero-order chi connectivity index (χ0) is 18.0. The Balaban J connectivity index is 1.83. The van der Waals surface area contributed by atoms with E-state index in [0.717, 1.165) is 30.4 Å². The Bertz CT molecular complexity index is 1230. The standard InChI is InChI=1S/C20H12O4S2/c21-11-5-6-12(22)17-16(11)13(23)8-15-19(17)25-14-7-9-3-1-2-4-10(9)18(24)20(14)26-15/h1-8,21-24H. The predicted octanol–water partition coefficient (Wildman–Crippen LogP) is 5.43. The van der Waals surface area contributed by atoms with E-state index in [1.807, 2.05) is 30.3 Å². The summed E-state index contributed by atoms with van der Waals surface area (Å²) in [4.78, 5) is 3.06. The van der Waals surface area contributed by atoms with Gasteiger partial charge in [-0.25, -0.2) is 0 Å². The molecule has 4 aromatic carbocycles. The normalized spacial score (nSPS) is 12.9. The van der Waals surface area contributed by atoms with Crippen molar-refractivity contribution in [2.45, 2.75) is 19.6 Å². The SMILES string of the molecule is Oc1c2c(cc3ccccc13)Sc1c(cc(O)c3c(O)ccc(O)c13)S2. The second-order valence-corrected chi connectivity index (χ2v) is 8.16. The molecule has 0 bridgehead atoms. The molecule has 0 amide bonds. The second kappa shape index (κ2) is 5.40. The van der Waals surface area contributed by atoms with Crippen molar-refractivity contribution >= 4 is 45.1 Å². The molecule has 1 aliphatic heterocycles. The quantitative estimate of drug-likeness (QED) is 0.268. The minimum Gasteiger partial charge on any atom is -0.507 e. The molecule has 0 aromatic heterocycles. The molecule has 4 aromatic rings. The van der Waals surface area contributed by atoms with Gasteiger partial charge in [0, 0.05) is 25.5 Å². The summed E-state index contributed by atoms with van der Waals surface area (Å²) in [6.45, 7) is 0. The molecule has 1 heterocycles. The number of fused-ring (bicyclic) bond motifs is 5. The Kier molecular flexibility index (Phi) is 3.23. The molecule has 5 rings (SSSR count). The molecule has 0 spiro atoms. The highest BCUT2D eigenvalue weighted by atomic mass is 32.2. The van der Waals surface area contributed by atoms with Crippen LogP contribution in [0.2, 0.25) is 0 Å². The smallest absolute Gasteiger partial charge is 0.138 e. The van der Waals surface area contributed by atoms with Crippen LogP contribution in [-0.2, 0) is 0 Å². The molecular weight excluding hydrogens is 368 g/mol. The van der Waals surface area contributed by atoms with Crippen LogP contribution in [0, 0.1) is 0 Å². The molecule has 0 unspecified atom stereocenters. The first kappa shape index (κ1) is 15.5. The minimum absolute atomic E-state index is 0.00786. The van der Waals surface area contributed by atoms with Crippen molar-refractivity contribution in [1.82, 2.24) is 0 Å². The van der Waals surface area contributed by atoms with E-state index in [1.165, 1.54) is 35.7 Å². The lowest BCUT2D eigenvalue weighted by Crippen LogP contribution is -1.93.